The monoisotopic (exact) mass is 648 g/mol. The van der Waals surface area contributed by atoms with Crippen LogP contribution in [-0.2, 0) is 14.3 Å². The maximum absolute atomic E-state index is 12.2. The molecule has 9 atom stereocenters. The Morgan fingerprint density at radius 3 is 1.58 bits per heavy atom. The molecule has 1 fully saturated rings. The largest absolute Gasteiger partial charge is 0.395 e. The molecule has 0 bridgehead atoms. The lowest BCUT2D eigenvalue weighted by Crippen LogP contribution is -2.60. The first kappa shape index (κ1) is 42.3. The van der Waals surface area contributed by atoms with Crippen LogP contribution in [0.2, 0.25) is 0 Å². The molecule has 268 valence electrons. The van der Waals surface area contributed by atoms with Gasteiger partial charge in [0.1, 0.15) is 30.2 Å². The molecule has 0 saturated carbocycles. The van der Waals surface area contributed by atoms with Gasteiger partial charge < -0.3 is 51.6 Å². The van der Waals surface area contributed by atoms with E-state index in [0.717, 1.165) is 57.8 Å². The number of ketones is 1. The minimum atomic E-state index is -1.53. The van der Waals surface area contributed by atoms with E-state index in [-0.39, 0.29) is 18.8 Å². The number of rotatable bonds is 29. The molecule has 0 spiro atoms. The third-order valence-corrected chi connectivity index (χ3v) is 9.10. The molecule has 1 heterocycles. The molecule has 1 saturated heterocycles. The molecule has 4 unspecified atom stereocenters. The van der Waals surface area contributed by atoms with Crippen molar-refractivity contribution in [3.05, 3.63) is 0 Å². The number of nitrogens with two attached hydrogens (primary N) is 2. The van der Waals surface area contributed by atoms with Gasteiger partial charge in [-0.15, -0.1) is 0 Å². The Morgan fingerprint density at radius 2 is 1.13 bits per heavy atom. The van der Waals surface area contributed by atoms with Gasteiger partial charge in [0.15, 0.2) is 6.29 Å². The summed E-state index contributed by atoms with van der Waals surface area (Å²) in [5.74, 6) is 0.351. The van der Waals surface area contributed by atoms with Crippen molar-refractivity contribution in [2.75, 3.05) is 13.2 Å². The van der Waals surface area contributed by atoms with Crippen LogP contribution in [-0.4, -0.2) is 105 Å². The molecular formula is C34H68N2O9. The Labute approximate surface area is 272 Å². The molecule has 1 aliphatic rings. The van der Waals surface area contributed by atoms with Crippen molar-refractivity contribution in [1.29, 1.82) is 0 Å². The van der Waals surface area contributed by atoms with E-state index in [9.17, 15) is 35.4 Å². The molecule has 1 rings (SSSR count). The lowest BCUT2D eigenvalue weighted by Gasteiger charge is -2.41. The standard InChI is InChI=1S/C34H68N2O9/c1-25(35)28(40)21-17-13-9-7-5-3-2-4-6-8-11-15-19-26(39)20-16-12-10-14-18-22-29(27(36)23-37)44-34-33(43)32(42)31(41)30(24-38)45-34/h25,27-34,37-38,40-43H,2-24,35-36H2,1H3/t25?,27?,28?,29?,30-,31-,32+,33-,34-/m1/s1. The highest BCUT2D eigenvalue weighted by Crippen LogP contribution is 2.25. The van der Waals surface area contributed by atoms with Crippen LogP contribution < -0.4 is 11.5 Å². The second-order valence-corrected chi connectivity index (χ2v) is 13.3. The number of hydrogen-bond donors (Lipinski definition) is 8. The highest BCUT2D eigenvalue weighted by Gasteiger charge is 2.45. The lowest BCUT2D eigenvalue weighted by molar-refractivity contribution is -0.313. The Kier molecular flexibility index (Phi) is 24.7. The number of hydrogen-bond acceptors (Lipinski definition) is 11. The number of Topliss-reactive ketones (excluding diaryl/α,β-unsaturated/α-hetero) is 1. The Bertz CT molecular complexity index is 715. The van der Waals surface area contributed by atoms with Crippen LogP contribution in [0, 0.1) is 0 Å². The molecule has 0 aromatic carbocycles. The van der Waals surface area contributed by atoms with Crippen LogP contribution in [0.3, 0.4) is 0 Å². The van der Waals surface area contributed by atoms with Gasteiger partial charge in [0.2, 0.25) is 0 Å². The molecule has 0 amide bonds. The number of carbonyl (C=O) groups is 1. The number of carbonyl (C=O) groups excluding carboxylic acids is 1. The fourth-order valence-electron chi connectivity index (χ4n) is 5.88. The van der Waals surface area contributed by atoms with Gasteiger partial charge in [-0.2, -0.15) is 0 Å². The summed E-state index contributed by atoms with van der Waals surface area (Å²) in [5.41, 5.74) is 11.7. The fraction of sp³-hybridized carbons (Fsp3) is 0.971. The Morgan fingerprint density at radius 1 is 0.689 bits per heavy atom. The van der Waals surface area contributed by atoms with E-state index in [4.69, 9.17) is 20.9 Å². The van der Waals surface area contributed by atoms with Gasteiger partial charge in [0.25, 0.3) is 0 Å². The number of aliphatic hydroxyl groups is 6. The molecule has 0 aliphatic carbocycles. The summed E-state index contributed by atoms with van der Waals surface area (Å²) in [6.07, 6.45) is 13.8. The predicted molar refractivity (Wildman–Crippen MR) is 175 cm³/mol. The van der Waals surface area contributed by atoms with Gasteiger partial charge in [0, 0.05) is 18.9 Å². The zero-order chi connectivity index (χ0) is 33.5. The smallest absolute Gasteiger partial charge is 0.187 e. The van der Waals surface area contributed by atoms with Gasteiger partial charge in [-0.1, -0.05) is 96.3 Å². The zero-order valence-corrected chi connectivity index (χ0v) is 28.0. The summed E-state index contributed by atoms with van der Waals surface area (Å²) in [4.78, 5) is 12.2. The third-order valence-electron chi connectivity index (χ3n) is 9.10. The molecule has 0 radical (unpaired) electrons. The van der Waals surface area contributed by atoms with E-state index in [1.807, 2.05) is 6.92 Å². The lowest BCUT2D eigenvalue weighted by atomic mass is 9.98. The van der Waals surface area contributed by atoms with Crippen molar-refractivity contribution in [3.63, 3.8) is 0 Å². The molecule has 1 aliphatic heterocycles. The van der Waals surface area contributed by atoms with Crippen molar-refractivity contribution in [3.8, 4) is 0 Å². The normalized spacial score (nSPS) is 24.8. The first-order chi connectivity index (χ1) is 21.6. The van der Waals surface area contributed by atoms with E-state index in [1.165, 1.54) is 57.8 Å². The van der Waals surface area contributed by atoms with E-state index < -0.39 is 49.5 Å². The van der Waals surface area contributed by atoms with E-state index in [2.05, 4.69) is 0 Å². The molecule has 11 heteroatoms. The summed E-state index contributed by atoms with van der Waals surface area (Å²) in [7, 11) is 0. The Balaban J connectivity index is 2.00. The number of unbranched alkanes of at least 4 members (excludes halogenated alkanes) is 15. The van der Waals surface area contributed by atoms with Gasteiger partial charge >= 0.3 is 0 Å². The SMILES string of the molecule is CC(N)C(O)CCCCCCCCCCCCCCC(=O)CCCCCCCC(O[C@@H]1O[C@H](CO)[C@@H](O)[C@H](O)[C@H]1O)C(N)CO. The van der Waals surface area contributed by atoms with Gasteiger partial charge in [-0.3, -0.25) is 4.79 Å². The van der Waals surface area contributed by atoms with Crippen LogP contribution in [0.25, 0.3) is 0 Å². The van der Waals surface area contributed by atoms with Crippen LogP contribution in [0.15, 0.2) is 0 Å². The van der Waals surface area contributed by atoms with Gasteiger partial charge in [0.05, 0.1) is 31.5 Å². The molecular weight excluding hydrogens is 580 g/mol. The average molecular weight is 649 g/mol. The van der Waals surface area contributed by atoms with Crippen molar-refractivity contribution in [2.45, 2.75) is 197 Å². The van der Waals surface area contributed by atoms with Crippen molar-refractivity contribution >= 4 is 5.78 Å². The minimum absolute atomic E-state index is 0.132. The maximum atomic E-state index is 12.2. The first-order valence-electron chi connectivity index (χ1n) is 17.9. The molecule has 10 N–H and O–H groups in total. The number of aliphatic hydroxyl groups excluding tert-OH is 6. The summed E-state index contributed by atoms with van der Waals surface area (Å²) in [5, 5.41) is 58.8. The predicted octanol–water partition coefficient (Wildman–Crippen LogP) is 2.96. The third kappa shape index (κ3) is 19.0. The summed E-state index contributed by atoms with van der Waals surface area (Å²) in [6, 6.07) is -0.846. The zero-order valence-electron chi connectivity index (χ0n) is 28.0. The van der Waals surface area contributed by atoms with Crippen LogP contribution in [0.5, 0.6) is 0 Å². The van der Waals surface area contributed by atoms with Gasteiger partial charge in [-0.25, -0.2) is 0 Å². The summed E-state index contributed by atoms with van der Waals surface area (Å²) in [6.45, 7) is 0.986. The Hall–Kier alpha value is -0.730. The van der Waals surface area contributed by atoms with Crippen molar-refractivity contribution in [2.24, 2.45) is 11.5 Å². The summed E-state index contributed by atoms with van der Waals surface area (Å²) < 4.78 is 11.2. The quantitative estimate of drug-likeness (QED) is 0.0553. The van der Waals surface area contributed by atoms with E-state index >= 15 is 0 Å². The molecule has 11 nitrogen and oxygen atoms in total. The maximum Gasteiger partial charge on any atom is 0.187 e. The van der Waals surface area contributed by atoms with Crippen molar-refractivity contribution in [1.82, 2.24) is 0 Å². The van der Waals surface area contributed by atoms with Crippen LogP contribution in [0.1, 0.15) is 142 Å². The summed E-state index contributed by atoms with van der Waals surface area (Å²) >= 11 is 0. The average Bonchev–Trinajstić information content (AvgIpc) is 3.03. The van der Waals surface area contributed by atoms with Crippen LogP contribution >= 0.6 is 0 Å². The van der Waals surface area contributed by atoms with E-state index in [1.54, 1.807) is 0 Å². The topological polar surface area (TPSA) is 209 Å². The highest BCUT2D eigenvalue weighted by atomic mass is 16.7. The second-order valence-electron chi connectivity index (χ2n) is 13.3. The number of ether oxygens (including phenoxy) is 2. The van der Waals surface area contributed by atoms with Crippen molar-refractivity contribution < 1.29 is 44.9 Å². The van der Waals surface area contributed by atoms with E-state index in [0.29, 0.717) is 25.0 Å². The first-order valence-corrected chi connectivity index (χ1v) is 17.9. The molecule has 0 aromatic rings. The highest BCUT2D eigenvalue weighted by molar-refractivity contribution is 5.78. The molecule has 45 heavy (non-hydrogen) atoms. The second kappa shape index (κ2) is 26.3. The fourth-order valence-corrected chi connectivity index (χ4v) is 5.88. The van der Waals surface area contributed by atoms with Crippen LogP contribution in [0.4, 0.5) is 0 Å². The minimum Gasteiger partial charge on any atom is -0.395 e. The van der Waals surface area contributed by atoms with Gasteiger partial charge in [-0.05, 0) is 32.6 Å². The molecule has 0 aromatic heterocycles.